The molecule has 39 heavy (non-hydrogen) atoms. The fraction of sp³-hybridized carbons (Fsp3) is 0.429. The van der Waals surface area contributed by atoms with E-state index in [1.165, 1.54) is 12.1 Å². The lowest BCUT2D eigenvalue weighted by Crippen LogP contribution is -2.53. The lowest BCUT2D eigenvalue weighted by molar-refractivity contribution is -0.376. The van der Waals surface area contributed by atoms with Gasteiger partial charge < -0.3 is 5.11 Å². The largest absolute Gasteiger partial charge is 0.430 e. The molecule has 2 bridgehead atoms. The van der Waals surface area contributed by atoms with Crippen LogP contribution in [0.15, 0.2) is 61.1 Å². The van der Waals surface area contributed by atoms with Gasteiger partial charge >= 0.3 is 12.4 Å². The highest BCUT2D eigenvalue weighted by Crippen LogP contribution is 2.50. The standard InChI is InChI=1S/C28H28F6N4O/c1-18-12-19(13-37-15-23-7-8-24(16-37)38(23)14-22-10-11-35-17-36-22)2-9-25(18)20-3-5-21(6-4-20)26(39,27(29,30)31)28(32,33)34/h2-6,9-12,17,23-24,39H,7-8,13-16H2,1H3. The van der Waals surface area contributed by atoms with Gasteiger partial charge in [-0.15, -0.1) is 0 Å². The molecule has 1 aromatic heterocycles. The summed E-state index contributed by atoms with van der Waals surface area (Å²) in [7, 11) is 0. The molecule has 2 aromatic carbocycles. The van der Waals surface area contributed by atoms with Gasteiger partial charge in [0.15, 0.2) is 0 Å². The van der Waals surface area contributed by atoms with Crippen LogP contribution in [-0.2, 0) is 18.7 Å². The monoisotopic (exact) mass is 550 g/mol. The van der Waals surface area contributed by atoms with Crippen LogP contribution in [0.25, 0.3) is 11.1 Å². The number of rotatable bonds is 6. The van der Waals surface area contributed by atoms with Crippen molar-refractivity contribution in [3.63, 3.8) is 0 Å². The zero-order valence-corrected chi connectivity index (χ0v) is 21.2. The second-order valence-corrected chi connectivity index (χ2v) is 10.4. The molecule has 11 heteroatoms. The van der Waals surface area contributed by atoms with Crippen molar-refractivity contribution in [2.75, 3.05) is 13.1 Å². The molecule has 3 aromatic rings. The lowest BCUT2D eigenvalue weighted by Gasteiger charge is -2.41. The average Bonchev–Trinajstić information content (AvgIpc) is 3.10. The summed E-state index contributed by atoms with van der Waals surface area (Å²) in [5, 5.41) is 9.63. The SMILES string of the molecule is Cc1cc(CN2CC3CCC(C2)N3Cc2ccncn2)ccc1-c1ccc(C(O)(C(F)(F)F)C(F)(F)F)cc1. The van der Waals surface area contributed by atoms with Crippen molar-refractivity contribution in [1.29, 1.82) is 0 Å². The Kier molecular flexibility index (Phi) is 7.19. The maximum absolute atomic E-state index is 13.2. The molecule has 0 amide bonds. The van der Waals surface area contributed by atoms with Gasteiger partial charge in [0, 0.05) is 50.0 Å². The van der Waals surface area contributed by atoms with Crippen molar-refractivity contribution in [2.24, 2.45) is 0 Å². The number of halogens is 6. The molecule has 0 radical (unpaired) electrons. The molecule has 208 valence electrons. The molecule has 0 aliphatic carbocycles. The fourth-order valence-electron chi connectivity index (χ4n) is 5.85. The van der Waals surface area contributed by atoms with Gasteiger partial charge in [-0.05, 0) is 48.1 Å². The zero-order valence-electron chi connectivity index (χ0n) is 21.2. The third-order valence-electron chi connectivity index (χ3n) is 7.83. The van der Waals surface area contributed by atoms with E-state index in [0.29, 0.717) is 35.3 Å². The average molecular weight is 551 g/mol. The summed E-state index contributed by atoms with van der Waals surface area (Å²) in [6.07, 6.45) is -6.23. The molecule has 0 spiro atoms. The third kappa shape index (κ3) is 5.27. The summed E-state index contributed by atoms with van der Waals surface area (Å²) in [6.45, 7) is 5.29. The van der Waals surface area contributed by atoms with Crippen LogP contribution in [0.3, 0.4) is 0 Å². The van der Waals surface area contributed by atoms with E-state index in [-0.39, 0.29) is 0 Å². The van der Waals surface area contributed by atoms with Crippen molar-refractivity contribution < 1.29 is 31.4 Å². The lowest BCUT2D eigenvalue weighted by atomic mass is 9.90. The Morgan fingerprint density at radius 1 is 0.872 bits per heavy atom. The van der Waals surface area contributed by atoms with Crippen LogP contribution >= 0.6 is 0 Å². The van der Waals surface area contributed by atoms with Gasteiger partial charge in [-0.3, -0.25) is 9.80 Å². The Balaban J connectivity index is 1.27. The molecule has 2 aliphatic rings. The Hall–Kier alpha value is -3.02. The number of benzene rings is 2. The Bertz CT molecular complexity index is 1270. The number of nitrogens with zero attached hydrogens (tertiary/aromatic N) is 4. The minimum Gasteiger partial charge on any atom is -0.369 e. The van der Waals surface area contributed by atoms with Crippen molar-refractivity contribution in [2.45, 2.75) is 62.9 Å². The van der Waals surface area contributed by atoms with Crippen LogP contribution in [-0.4, -0.2) is 62.4 Å². The van der Waals surface area contributed by atoms with Crippen LogP contribution in [0.2, 0.25) is 0 Å². The van der Waals surface area contributed by atoms with E-state index >= 15 is 0 Å². The van der Waals surface area contributed by atoms with Gasteiger partial charge in [0.2, 0.25) is 0 Å². The molecular weight excluding hydrogens is 522 g/mol. The Morgan fingerprint density at radius 2 is 1.51 bits per heavy atom. The Labute approximate surface area is 222 Å². The van der Waals surface area contributed by atoms with Gasteiger partial charge in [-0.25, -0.2) is 9.97 Å². The van der Waals surface area contributed by atoms with E-state index in [2.05, 4.69) is 19.8 Å². The number of hydrogen-bond donors (Lipinski definition) is 1. The number of piperazine rings is 1. The van der Waals surface area contributed by atoms with E-state index < -0.39 is 23.5 Å². The highest BCUT2D eigenvalue weighted by molar-refractivity contribution is 5.68. The molecular formula is C28H28F6N4O. The second kappa shape index (κ2) is 10.2. The van der Waals surface area contributed by atoms with E-state index in [9.17, 15) is 31.4 Å². The highest BCUT2D eigenvalue weighted by atomic mass is 19.4. The molecule has 1 N–H and O–H groups in total. The van der Waals surface area contributed by atoms with E-state index in [1.54, 1.807) is 12.5 Å². The topological polar surface area (TPSA) is 52.5 Å². The van der Waals surface area contributed by atoms with Gasteiger partial charge in [-0.2, -0.15) is 26.3 Å². The first kappa shape index (κ1) is 27.5. The van der Waals surface area contributed by atoms with Crippen LogP contribution in [0.5, 0.6) is 0 Å². The number of hydrogen-bond acceptors (Lipinski definition) is 5. The fourth-order valence-corrected chi connectivity index (χ4v) is 5.85. The van der Waals surface area contributed by atoms with Gasteiger partial charge in [0.05, 0.1) is 5.69 Å². The van der Waals surface area contributed by atoms with E-state index in [4.69, 9.17) is 0 Å². The molecule has 2 fully saturated rings. The molecule has 5 nitrogen and oxygen atoms in total. The summed E-state index contributed by atoms with van der Waals surface area (Å²) < 4.78 is 79.2. The van der Waals surface area contributed by atoms with E-state index in [0.717, 1.165) is 55.8 Å². The first-order valence-corrected chi connectivity index (χ1v) is 12.7. The number of likely N-dealkylation sites (tertiary alicyclic amines) is 1. The predicted octanol–water partition coefficient (Wildman–Crippen LogP) is 5.61. The van der Waals surface area contributed by atoms with Gasteiger partial charge in [-0.1, -0.05) is 42.5 Å². The summed E-state index contributed by atoms with van der Waals surface area (Å²) in [6, 6.07) is 12.3. The predicted molar refractivity (Wildman–Crippen MR) is 132 cm³/mol. The van der Waals surface area contributed by atoms with Crippen molar-refractivity contribution in [3.05, 3.63) is 83.4 Å². The van der Waals surface area contributed by atoms with Crippen molar-refractivity contribution in [1.82, 2.24) is 19.8 Å². The molecule has 2 aliphatic heterocycles. The maximum Gasteiger partial charge on any atom is 0.430 e. The number of aliphatic hydroxyl groups is 1. The van der Waals surface area contributed by atoms with Crippen LogP contribution in [0, 0.1) is 6.92 Å². The van der Waals surface area contributed by atoms with Crippen LogP contribution in [0.1, 0.15) is 35.2 Å². The smallest absolute Gasteiger partial charge is 0.369 e. The normalized spacial score (nSPS) is 20.9. The van der Waals surface area contributed by atoms with Crippen molar-refractivity contribution in [3.8, 4) is 11.1 Å². The molecule has 2 atom stereocenters. The van der Waals surface area contributed by atoms with E-state index in [1.807, 2.05) is 31.2 Å². The number of aryl methyl sites for hydroxylation is 1. The maximum atomic E-state index is 13.2. The first-order valence-electron chi connectivity index (χ1n) is 12.7. The number of fused-ring (bicyclic) bond motifs is 2. The van der Waals surface area contributed by atoms with Gasteiger partial charge in [0.25, 0.3) is 5.60 Å². The molecule has 2 unspecified atom stereocenters. The Morgan fingerprint density at radius 3 is 2.05 bits per heavy atom. The minimum absolute atomic E-state index is 0.449. The highest BCUT2D eigenvalue weighted by Gasteiger charge is 2.71. The number of aromatic nitrogens is 2. The molecule has 5 rings (SSSR count). The summed E-state index contributed by atoms with van der Waals surface area (Å²) in [4.78, 5) is 13.3. The summed E-state index contributed by atoms with van der Waals surface area (Å²) >= 11 is 0. The van der Waals surface area contributed by atoms with Crippen LogP contribution < -0.4 is 0 Å². The molecule has 0 saturated carbocycles. The summed E-state index contributed by atoms with van der Waals surface area (Å²) in [5.74, 6) is 0. The minimum atomic E-state index is -5.91. The first-order chi connectivity index (χ1) is 18.4. The molecule has 2 saturated heterocycles. The molecule has 3 heterocycles. The van der Waals surface area contributed by atoms with Crippen molar-refractivity contribution >= 4 is 0 Å². The quantitative estimate of drug-likeness (QED) is 0.405. The van der Waals surface area contributed by atoms with Gasteiger partial charge in [0.1, 0.15) is 6.33 Å². The zero-order chi connectivity index (χ0) is 28.0. The third-order valence-corrected chi connectivity index (χ3v) is 7.83. The number of alkyl halides is 6. The second-order valence-electron chi connectivity index (χ2n) is 10.4. The summed E-state index contributed by atoms with van der Waals surface area (Å²) in [5.41, 5.74) is -2.10. The van der Waals surface area contributed by atoms with Crippen LogP contribution in [0.4, 0.5) is 26.3 Å².